The Hall–Kier alpha value is -2.55. The van der Waals surface area contributed by atoms with E-state index in [9.17, 15) is 4.79 Å². The summed E-state index contributed by atoms with van der Waals surface area (Å²) < 4.78 is 2.09. The molecule has 7 nitrogen and oxygen atoms in total. The van der Waals surface area contributed by atoms with Gasteiger partial charge in [0.25, 0.3) is 0 Å². The van der Waals surface area contributed by atoms with Crippen LogP contribution in [-0.2, 0) is 4.79 Å². The average Bonchev–Trinajstić information content (AvgIpc) is 3.32. The van der Waals surface area contributed by atoms with Gasteiger partial charge in [0.2, 0.25) is 5.91 Å². The fraction of sp³-hybridized carbons (Fsp3) is 0.462. The lowest BCUT2D eigenvalue weighted by Crippen LogP contribution is -2.41. The summed E-state index contributed by atoms with van der Waals surface area (Å²) in [5, 5.41) is 17.2. The molecule has 1 atom stereocenters. The topological polar surface area (TPSA) is 84.2 Å². The first-order chi connectivity index (χ1) is 16.9. The molecule has 3 aromatic rings. The minimum Gasteiger partial charge on any atom is -0.353 e. The summed E-state index contributed by atoms with van der Waals surface area (Å²) >= 11 is 7.90. The number of benzene rings is 1. The van der Waals surface area contributed by atoms with Crippen LogP contribution in [-0.4, -0.2) is 45.5 Å². The van der Waals surface area contributed by atoms with Crippen LogP contribution in [0.1, 0.15) is 71.4 Å². The highest BCUT2D eigenvalue weighted by Crippen LogP contribution is 2.39. The number of aliphatic imine (C=N–C) groups is 1. The van der Waals surface area contributed by atoms with E-state index in [2.05, 4.69) is 39.2 Å². The van der Waals surface area contributed by atoms with Gasteiger partial charge < -0.3 is 10.6 Å². The number of carbonyl (C=O) groups is 1. The third kappa shape index (κ3) is 4.67. The Morgan fingerprint density at radius 3 is 2.46 bits per heavy atom. The zero-order valence-corrected chi connectivity index (χ0v) is 22.1. The van der Waals surface area contributed by atoms with Crippen LogP contribution in [0.15, 0.2) is 29.3 Å². The molecule has 9 heteroatoms. The summed E-state index contributed by atoms with van der Waals surface area (Å²) in [5.74, 6) is 1.52. The molecule has 3 heterocycles. The van der Waals surface area contributed by atoms with Crippen LogP contribution < -0.4 is 10.6 Å². The predicted octanol–water partition coefficient (Wildman–Crippen LogP) is 4.84. The summed E-state index contributed by atoms with van der Waals surface area (Å²) in [4.78, 5) is 19.6. The van der Waals surface area contributed by atoms with Crippen molar-refractivity contribution in [2.45, 2.75) is 71.0 Å². The Kier molecular flexibility index (Phi) is 6.79. The van der Waals surface area contributed by atoms with Crippen molar-refractivity contribution in [3.05, 3.63) is 62.5 Å². The van der Waals surface area contributed by atoms with Crippen LogP contribution in [0.5, 0.6) is 0 Å². The molecule has 1 aromatic carbocycles. The van der Waals surface area contributed by atoms with E-state index in [4.69, 9.17) is 16.6 Å². The molecule has 2 aromatic heterocycles. The Balaban J connectivity index is 1.52. The quantitative estimate of drug-likeness (QED) is 0.514. The van der Waals surface area contributed by atoms with E-state index in [0.717, 1.165) is 53.3 Å². The van der Waals surface area contributed by atoms with Gasteiger partial charge in [-0.05, 0) is 71.2 Å². The van der Waals surface area contributed by atoms with Crippen molar-refractivity contribution in [3.8, 4) is 5.00 Å². The molecule has 0 spiro atoms. The highest BCUT2D eigenvalue weighted by Gasteiger charge is 2.33. The Labute approximate surface area is 215 Å². The molecule has 0 unspecified atom stereocenters. The van der Waals surface area contributed by atoms with Gasteiger partial charge >= 0.3 is 0 Å². The van der Waals surface area contributed by atoms with Gasteiger partial charge in [0, 0.05) is 33.1 Å². The number of amides is 1. The van der Waals surface area contributed by atoms with Gasteiger partial charge in [0.15, 0.2) is 5.82 Å². The van der Waals surface area contributed by atoms with Crippen molar-refractivity contribution in [1.82, 2.24) is 25.4 Å². The molecule has 1 aliphatic carbocycles. The fourth-order valence-electron chi connectivity index (χ4n) is 5.12. The number of carbonyl (C=O) groups excluding carboxylic acids is 1. The van der Waals surface area contributed by atoms with Crippen molar-refractivity contribution < 1.29 is 4.79 Å². The molecule has 0 saturated heterocycles. The molecule has 1 amide bonds. The second-order valence-corrected chi connectivity index (χ2v) is 11.2. The molecule has 0 radical (unpaired) electrons. The first-order valence-electron chi connectivity index (χ1n) is 12.2. The smallest absolute Gasteiger partial charge is 0.222 e. The van der Waals surface area contributed by atoms with Gasteiger partial charge in [-0.1, -0.05) is 23.7 Å². The highest BCUT2D eigenvalue weighted by atomic mass is 35.5. The standard InChI is InChI=1S/C26H31ClN6OS/c1-14-15(2)35-26-23(14)24(17-5-7-18(27)8-6-17)30-21(25-32-31-16(3)33(25)26)13-22(34)29-20-11-9-19(28-4)10-12-20/h5-8,19-21,28H,9-13H2,1-4H3,(H,29,34)/t19-,20-,21-/m0/s1. The van der Waals surface area contributed by atoms with Crippen molar-refractivity contribution in [3.63, 3.8) is 0 Å². The molecule has 35 heavy (non-hydrogen) atoms. The minimum absolute atomic E-state index is 0.00692. The lowest BCUT2D eigenvalue weighted by molar-refractivity contribution is -0.122. The third-order valence-corrected chi connectivity index (χ3v) is 8.68. The maximum atomic E-state index is 13.2. The number of thiophene rings is 1. The van der Waals surface area contributed by atoms with Crippen molar-refractivity contribution in [2.75, 3.05) is 7.05 Å². The lowest BCUT2D eigenvalue weighted by Gasteiger charge is -2.29. The van der Waals surface area contributed by atoms with Crippen LogP contribution >= 0.6 is 22.9 Å². The molecule has 5 rings (SSSR count). The first kappa shape index (κ1) is 24.2. The zero-order chi connectivity index (χ0) is 24.7. The molecule has 184 valence electrons. The van der Waals surface area contributed by atoms with E-state index in [-0.39, 0.29) is 18.4 Å². The van der Waals surface area contributed by atoms with E-state index in [1.807, 2.05) is 38.2 Å². The lowest BCUT2D eigenvalue weighted by atomic mass is 9.91. The van der Waals surface area contributed by atoms with Crippen molar-refractivity contribution in [1.29, 1.82) is 0 Å². The normalized spacial score (nSPS) is 21.6. The number of aromatic nitrogens is 3. The van der Waals surface area contributed by atoms with Gasteiger partial charge in [0.1, 0.15) is 16.9 Å². The number of nitrogens with zero attached hydrogens (tertiary/aromatic N) is 4. The summed E-state index contributed by atoms with van der Waals surface area (Å²) in [7, 11) is 2.01. The van der Waals surface area contributed by atoms with Gasteiger partial charge in [-0.2, -0.15) is 0 Å². The maximum absolute atomic E-state index is 13.2. The number of fused-ring (bicyclic) bond motifs is 3. The third-order valence-electron chi connectivity index (χ3n) is 7.24. The second-order valence-electron chi connectivity index (χ2n) is 9.51. The molecular weight excluding hydrogens is 480 g/mol. The maximum Gasteiger partial charge on any atom is 0.222 e. The molecule has 0 bridgehead atoms. The molecule has 1 fully saturated rings. The summed E-state index contributed by atoms with van der Waals surface area (Å²) in [6.07, 6.45) is 4.37. The number of aryl methyl sites for hydroxylation is 2. The van der Waals surface area contributed by atoms with Crippen molar-refractivity contribution in [2.24, 2.45) is 4.99 Å². The van der Waals surface area contributed by atoms with Crippen LogP contribution in [0, 0.1) is 20.8 Å². The zero-order valence-electron chi connectivity index (χ0n) is 20.6. The number of hydrogen-bond donors (Lipinski definition) is 2. The fourth-order valence-corrected chi connectivity index (χ4v) is 6.46. The van der Waals surface area contributed by atoms with E-state index < -0.39 is 6.04 Å². The van der Waals surface area contributed by atoms with Crippen molar-refractivity contribution >= 4 is 34.6 Å². The van der Waals surface area contributed by atoms with Gasteiger partial charge in [-0.25, -0.2) is 0 Å². The molecule has 1 aliphatic heterocycles. The van der Waals surface area contributed by atoms with Gasteiger partial charge in [-0.15, -0.1) is 21.5 Å². The largest absolute Gasteiger partial charge is 0.353 e. The number of rotatable bonds is 5. The molecule has 2 N–H and O–H groups in total. The van der Waals surface area contributed by atoms with Gasteiger partial charge in [0.05, 0.1) is 12.1 Å². The van der Waals surface area contributed by atoms with Crippen LogP contribution in [0.25, 0.3) is 5.00 Å². The molecular formula is C26H31ClN6OS. The summed E-state index contributed by atoms with van der Waals surface area (Å²) in [6.45, 7) is 6.21. The average molecular weight is 511 g/mol. The predicted molar refractivity (Wildman–Crippen MR) is 141 cm³/mol. The van der Waals surface area contributed by atoms with Gasteiger partial charge in [-0.3, -0.25) is 14.4 Å². The second kappa shape index (κ2) is 9.84. The number of nitrogens with one attached hydrogen (secondary N) is 2. The number of hydrogen-bond acceptors (Lipinski definition) is 6. The van der Waals surface area contributed by atoms with Crippen LogP contribution in [0.3, 0.4) is 0 Å². The monoisotopic (exact) mass is 510 g/mol. The van der Waals surface area contributed by atoms with Crippen LogP contribution in [0.4, 0.5) is 0 Å². The molecule has 2 aliphatic rings. The minimum atomic E-state index is -0.435. The Bertz CT molecular complexity index is 1270. The van der Waals surface area contributed by atoms with E-state index in [1.165, 1.54) is 10.4 Å². The Morgan fingerprint density at radius 2 is 1.77 bits per heavy atom. The van der Waals surface area contributed by atoms with Crippen LogP contribution in [0.2, 0.25) is 5.02 Å². The van der Waals surface area contributed by atoms with E-state index in [1.54, 1.807) is 11.3 Å². The summed E-state index contributed by atoms with van der Waals surface area (Å²) in [6, 6.07) is 8.07. The highest BCUT2D eigenvalue weighted by molar-refractivity contribution is 7.15. The Morgan fingerprint density at radius 1 is 1.09 bits per heavy atom. The molecule has 1 saturated carbocycles. The first-order valence-corrected chi connectivity index (χ1v) is 13.4. The number of halogens is 1. The summed E-state index contributed by atoms with van der Waals surface area (Å²) in [5.41, 5.74) is 4.11. The SMILES string of the molecule is CN[C@H]1CC[C@H](NC(=O)C[C@@H]2N=C(c3ccc(Cl)cc3)c3c(sc(C)c3C)-n3c(C)nnc32)CC1. The van der Waals surface area contributed by atoms with E-state index >= 15 is 0 Å². The van der Waals surface area contributed by atoms with E-state index in [0.29, 0.717) is 16.9 Å².